The van der Waals surface area contributed by atoms with Crippen LogP contribution in [-0.2, 0) is 6.42 Å². The molecule has 0 amide bonds. The van der Waals surface area contributed by atoms with Crippen molar-refractivity contribution >= 4 is 29.0 Å². The topological polar surface area (TPSA) is 43.2 Å². The van der Waals surface area contributed by atoms with E-state index in [1.54, 1.807) is 6.20 Å². The van der Waals surface area contributed by atoms with E-state index in [4.69, 9.17) is 28.5 Å². The monoisotopic (exact) mass is 360 g/mol. The van der Waals surface area contributed by atoms with Gasteiger partial charge in [0.2, 0.25) is 0 Å². The van der Waals surface area contributed by atoms with Gasteiger partial charge in [0.25, 0.3) is 0 Å². The lowest BCUT2D eigenvalue weighted by molar-refractivity contribution is 0.260. The highest BCUT2D eigenvalue weighted by molar-refractivity contribution is 6.42. The molecule has 0 N–H and O–H groups in total. The number of nitrogens with zero attached hydrogens (tertiary/aromatic N) is 4. The number of piperazine rings is 1. The molecule has 0 spiro atoms. The Labute approximate surface area is 152 Å². The zero-order valence-corrected chi connectivity index (χ0v) is 14.8. The third kappa shape index (κ3) is 4.18. The Hall–Kier alpha value is -1.80. The van der Waals surface area contributed by atoms with E-state index >= 15 is 0 Å². The molecule has 1 aliphatic heterocycles. The predicted molar refractivity (Wildman–Crippen MR) is 97.8 cm³/mol. The summed E-state index contributed by atoms with van der Waals surface area (Å²) in [4.78, 5) is 9.08. The van der Waals surface area contributed by atoms with Crippen molar-refractivity contribution in [3.8, 4) is 6.07 Å². The van der Waals surface area contributed by atoms with Crippen molar-refractivity contribution in [1.82, 2.24) is 9.88 Å². The number of anilines is 1. The summed E-state index contributed by atoms with van der Waals surface area (Å²) in [7, 11) is 0. The minimum Gasteiger partial charge on any atom is -0.354 e. The molecule has 3 rings (SSSR count). The van der Waals surface area contributed by atoms with Gasteiger partial charge in [0.05, 0.1) is 15.6 Å². The Bertz CT molecular complexity index is 732. The highest BCUT2D eigenvalue weighted by Gasteiger charge is 2.17. The van der Waals surface area contributed by atoms with Crippen molar-refractivity contribution in [2.75, 3.05) is 37.6 Å². The first kappa shape index (κ1) is 17.0. The van der Waals surface area contributed by atoms with E-state index < -0.39 is 0 Å². The van der Waals surface area contributed by atoms with Gasteiger partial charge in [-0.2, -0.15) is 5.26 Å². The molecule has 24 heavy (non-hydrogen) atoms. The SMILES string of the molecule is N#Cc1ccc(N2CCN(CCc3ccc(Cl)c(Cl)c3)CC2)nc1. The Kier molecular flexibility index (Phi) is 5.57. The molecule has 1 aliphatic rings. The molecule has 1 aromatic heterocycles. The maximum Gasteiger partial charge on any atom is 0.128 e. The Balaban J connectivity index is 1.49. The second-order valence-corrected chi connectivity index (χ2v) is 6.66. The molecule has 0 atom stereocenters. The smallest absolute Gasteiger partial charge is 0.128 e. The molecule has 124 valence electrons. The molecular weight excluding hydrogens is 343 g/mol. The first-order valence-electron chi connectivity index (χ1n) is 7.93. The van der Waals surface area contributed by atoms with Crippen LogP contribution in [0.3, 0.4) is 0 Å². The average Bonchev–Trinajstić information content (AvgIpc) is 2.63. The number of hydrogen-bond acceptors (Lipinski definition) is 4. The van der Waals surface area contributed by atoms with Crippen LogP contribution in [0.25, 0.3) is 0 Å². The fourth-order valence-corrected chi connectivity index (χ4v) is 3.14. The average molecular weight is 361 g/mol. The van der Waals surface area contributed by atoms with E-state index in [1.165, 1.54) is 5.56 Å². The van der Waals surface area contributed by atoms with Gasteiger partial charge in [0.1, 0.15) is 11.9 Å². The molecule has 0 bridgehead atoms. The third-order valence-corrected chi connectivity index (χ3v) is 5.01. The number of hydrogen-bond donors (Lipinski definition) is 0. The lowest BCUT2D eigenvalue weighted by Crippen LogP contribution is -2.47. The summed E-state index contributed by atoms with van der Waals surface area (Å²) in [5.74, 6) is 0.943. The van der Waals surface area contributed by atoms with Gasteiger partial charge in [0.15, 0.2) is 0 Å². The summed E-state index contributed by atoms with van der Waals surface area (Å²) >= 11 is 12.0. The van der Waals surface area contributed by atoms with Gasteiger partial charge >= 0.3 is 0 Å². The number of rotatable bonds is 4. The Morgan fingerprint density at radius 2 is 1.83 bits per heavy atom. The van der Waals surface area contributed by atoms with E-state index in [0.717, 1.165) is 45.0 Å². The molecule has 0 aliphatic carbocycles. The van der Waals surface area contributed by atoms with E-state index in [9.17, 15) is 0 Å². The first-order chi connectivity index (χ1) is 11.7. The summed E-state index contributed by atoms with van der Waals surface area (Å²) in [5.41, 5.74) is 1.81. The van der Waals surface area contributed by atoms with E-state index in [1.807, 2.05) is 30.3 Å². The summed E-state index contributed by atoms with van der Waals surface area (Å²) in [6.45, 7) is 4.90. The van der Waals surface area contributed by atoms with Crippen LogP contribution >= 0.6 is 23.2 Å². The van der Waals surface area contributed by atoms with Crippen molar-refractivity contribution in [2.45, 2.75) is 6.42 Å². The van der Waals surface area contributed by atoms with Crippen molar-refractivity contribution in [1.29, 1.82) is 5.26 Å². The number of aromatic nitrogens is 1. The maximum absolute atomic E-state index is 8.83. The summed E-state index contributed by atoms with van der Waals surface area (Å²) in [5, 5.41) is 10.1. The van der Waals surface area contributed by atoms with Gasteiger partial charge in [-0.15, -0.1) is 0 Å². The quantitative estimate of drug-likeness (QED) is 0.834. The maximum atomic E-state index is 8.83. The van der Waals surface area contributed by atoms with Crippen LogP contribution < -0.4 is 4.90 Å². The van der Waals surface area contributed by atoms with Crippen LogP contribution in [-0.4, -0.2) is 42.6 Å². The van der Waals surface area contributed by atoms with Gasteiger partial charge in [-0.05, 0) is 36.2 Å². The molecule has 6 heteroatoms. The van der Waals surface area contributed by atoms with Crippen LogP contribution in [0.2, 0.25) is 10.0 Å². The predicted octanol–water partition coefficient (Wildman–Crippen LogP) is 3.62. The minimum atomic E-state index is 0.596. The molecule has 0 radical (unpaired) electrons. The standard InChI is InChI=1S/C18H18Cl2N4/c19-16-3-1-14(11-17(16)20)5-6-23-7-9-24(10-8-23)18-4-2-15(12-21)13-22-18/h1-4,11,13H,5-10H2. The van der Waals surface area contributed by atoms with Gasteiger partial charge in [-0.3, -0.25) is 4.90 Å². The zero-order valence-electron chi connectivity index (χ0n) is 13.3. The van der Waals surface area contributed by atoms with Gasteiger partial charge < -0.3 is 4.90 Å². The van der Waals surface area contributed by atoms with Crippen molar-refractivity contribution in [3.05, 3.63) is 57.7 Å². The third-order valence-electron chi connectivity index (χ3n) is 4.27. The first-order valence-corrected chi connectivity index (χ1v) is 8.68. The molecule has 0 saturated carbocycles. The van der Waals surface area contributed by atoms with E-state index in [0.29, 0.717) is 15.6 Å². The molecule has 4 nitrogen and oxygen atoms in total. The molecule has 1 saturated heterocycles. The van der Waals surface area contributed by atoms with Gasteiger partial charge in [-0.1, -0.05) is 29.3 Å². The number of pyridine rings is 1. The van der Waals surface area contributed by atoms with Gasteiger partial charge in [0, 0.05) is 38.9 Å². The fraction of sp³-hybridized carbons (Fsp3) is 0.333. The lowest BCUT2D eigenvalue weighted by Gasteiger charge is -2.35. The summed E-state index contributed by atoms with van der Waals surface area (Å²) in [6.07, 6.45) is 2.60. The highest BCUT2D eigenvalue weighted by Crippen LogP contribution is 2.23. The minimum absolute atomic E-state index is 0.596. The van der Waals surface area contributed by atoms with E-state index in [-0.39, 0.29) is 0 Å². The second-order valence-electron chi connectivity index (χ2n) is 5.84. The normalized spacial score (nSPS) is 15.3. The zero-order chi connectivity index (χ0) is 16.9. The van der Waals surface area contributed by atoms with Crippen LogP contribution in [0, 0.1) is 11.3 Å². The highest BCUT2D eigenvalue weighted by atomic mass is 35.5. The molecule has 2 heterocycles. The molecule has 2 aromatic rings. The van der Waals surface area contributed by atoms with Crippen LogP contribution in [0.1, 0.15) is 11.1 Å². The van der Waals surface area contributed by atoms with Gasteiger partial charge in [-0.25, -0.2) is 4.98 Å². The Morgan fingerprint density at radius 3 is 2.46 bits per heavy atom. The van der Waals surface area contributed by atoms with Crippen molar-refractivity contribution in [2.24, 2.45) is 0 Å². The number of nitriles is 1. The molecule has 0 unspecified atom stereocenters. The lowest BCUT2D eigenvalue weighted by atomic mass is 10.1. The van der Waals surface area contributed by atoms with Crippen LogP contribution in [0.5, 0.6) is 0 Å². The Morgan fingerprint density at radius 1 is 1.04 bits per heavy atom. The summed E-state index contributed by atoms with van der Waals surface area (Å²) < 4.78 is 0. The van der Waals surface area contributed by atoms with Crippen molar-refractivity contribution in [3.63, 3.8) is 0 Å². The van der Waals surface area contributed by atoms with Crippen molar-refractivity contribution < 1.29 is 0 Å². The summed E-state index contributed by atoms with van der Waals surface area (Å²) in [6, 6.07) is 11.7. The second kappa shape index (κ2) is 7.85. The molecule has 1 aromatic carbocycles. The molecule has 1 fully saturated rings. The van der Waals surface area contributed by atoms with E-state index in [2.05, 4.69) is 20.9 Å². The van der Waals surface area contributed by atoms with Crippen LogP contribution in [0.15, 0.2) is 36.5 Å². The largest absolute Gasteiger partial charge is 0.354 e. The number of benzene rings is 1. The fourth-order valence-electron chi connectivity index (χ4n) is 2.82. The van der Waals surface area contributed by atoms with Crippen LogP contribution in [0.4, 0.5) is 5.82 Å². The molecular formula is C18H18Cl2N4. The number of halogens is 2.